The summed E-state index contributed by atoms with van der Waals surface area (Å²) >= 11 is 0. The average Bonchev–Trinajstić information content (AvgIpc) is 3.01. The summed E-state index contributed by atoms with van der Waals surface area (Å²) in [6.45, 7) is 0.699. The number of nitrogens with one attached hydrogen (secondary N) is 2. The fraction of sp³-hybridized carbons (Fsp3) is 0.188. The molecule has 0 spiro atoms. The third kappa shape index (κ3) is 2.63. The maximum Gasteiger partial charge on any atom is 0.161 e. The number of anilines is 1. The number of benzene rings is 2. The quantitative estimate of drug-likeness (QED) is 0.755. The molecule has 2 aromatic carbocycles. The van der Waals surface area contributed by atoms with Crippen LogP contribution in [0.5, 0.6) is 11.5 Å². The molecule has 21 heavy (non-hydrogen) atoms. The lowest BCUT2D eigenvalue weighted by molar-refractivity contribution is 0.354. The number of aromatic amines is 1. The van der Waals surface area contributed by atoms with Gasteiger partial charge in [0.25, 0.3) is 0 Å². The highest BCUT2D eigenvalue weighted by Gasteiger charge is 2.06. The number of aromatic nitrogens is 2. The minimum atomic E-state index is 0.699. The predicted octanol–water partition coefficient (Wildman–Crippen LogP) is 3.19. The Balaban J connectivity index is 1.80. The number of rotatable bonds is 5. The number of methoxy groups -OCH3 is 2. The summed E-state index contributed by atoms with van der Waals surface area (Å²) in [5.74, 6) is 1.47. The monoisotopic (exact) mass is 283 g/mol. The second kappa shape index (κ2) is 5.75. The number of ether oxygens (including phenoxy) is 2. The molecule has 0 saturated carbocycles. The molecule has 0 atom stereocenters. The predicted molar refractivity (Wildman–Crippen MR) is 83.0 cm³/mol. The summed E-state index contributed by atoms with van der Waals surface area (Å²) in [7, 11) is 3.27. The summed E-state index contributed by atoms with van der Waals surface area (Å²) < 4.78 is 10.6. The number of hydrogen-bond donors (Lipinski definition) is 2. The summed E-state index contributed by atoms with van der Waals surface area (Å²) in [6, 6.07) is 11.9. The van der Waals surface area contributed by atoms with Crippen LogP contribution in [0.25, 0.3) is 10.9 Å². The van der Waals surface area contributed by atoms with Gasteiger partial charge in [0, 0.05) is 17.6 Å². The zero-order chi connectivity index (χ0) is 14.7. The van der Waals surface area contributed by atoms with Crippen molar-refractivity contribution in [3.8, 4) is 11.5 Å². The van der Waals surface area contributed by atoms with Crippen LogP contribution >= 0.6 is 0 Å². The molecule has 0 aliphatic heterocycles. The van der Waals surface area contributed by atoms with Crippen LogP contribution in [0.4, 0.5) is 5.69 Å². The minimum absolute atomic E-state index is 0.699. The van der Waals surface area contributed by atoms with E-state index in [0.29, 0.717) is 6.54 Å². The number of hydrogen-bond acceptors (Lipinski definition) is 4. The first-order valence-electron chi connectivity index (χ1n) is 6.68. The van der Waals surface area contributed by atoms with Crippen molar-refractivity contribution in [1.29, 1.82) is 0 Å². The number of nitrogens with zero attached hydrogens (tertiary/aromatic N) is 1. The van der Waals surface area contributed by atoms with Gasteiger partial charge in [0.15, 0.2) is 11.5 Å². The second-order valence-electron chi connectivity index (χ2n) is 4.68. The molecule has 1 heterocycles. The molecule has 0 unspecified atom stereocenters. The van der Waals surface area contributed by atoms with Crippen LogP contribution < -0.4 is 14.8 Å². The highest BCUT2D eigenvalue weighted by molar-refractivity contribution is 5.90. The first-order chi connectivity index (χ1) is 10.3. The van der Waals surface area contributed by atoms with Crippen molar-refractivity contribution in [2.45, 2.75) is 6.54 Å². The van der Waals surface area contributed by atoms with Crippen molar-refractivity contribution in [3.05, 3.63) is 48.2 Å². The molecule has 0 radical (unpaired) electrons. The zero-order valence-corrected chi connectivity index (χ0v) is 12.0. The Morgan fingerprint density at radius 2 is 1.95 bits per heavy atom. The molecule has 0 saturated heterocycles. The molecule has 108 valence electrons. The van der Waals surface area contributed by atoms with Crippen molar-refractivity contribution in [2.24, 2.45) is 0 Å². The topological polar surface area (TPSA) is 59.2 Å². The molecule has 3 rings (SSSR count). The van der Waals surface area contributed by atoms with Gasteiger partial charge in [-0.05, 0) is 29.8 Å². The summed E-state index contributed by atoms with van der Waals surface area (Å²) in [5, 5.41) is 11.5. The Bertz CT molecular complexity index is 752. The third-order valence-electron chi connectivity index (χ3n) is 3.42. The van der Waals surface area contributed by atoms with Crippen molar-refractivity contribution in [1.82, 2.24) is 10.2 Å². The molecule has 5 heteroatoms. The maximum atomic E-state index is 5.32. The maximum absolute atomic E-state index is 5.32. The van der Waals surface area contributed by atoms with E-state index >= 15 is 0 Å². The molecule has 0 amide bonds. The SMILES string of the molecule is COc1ccc(CNc2cccc3[nH]ncc23)cc1OC. The third-order valence-corrected chi connectivity index (χ3v) is 3.42. The van der Waals surface area contributed by atoms with Gasteiger partial charge in [-0.1, -0.05) is 12.1 Å². The lowest BCUT2D eigenvalue weighted by atomic mass is 10.1. The van der Waals surface area contributed by atoms with Gasteiger partial charge >= 0.3 is 0 Å². The van der Waals surface area contributed by atoms with Crippen LogP contribution in [0.2, 0.25) is 0 Å². The van der Waals surface area contributed by atoms with Gasteiger partial charge in [-0.3, -0.25) is 5.10 Å². The Kier molecular flexibility index (Phi) is 3.64. The number of fused-ring (bicyclic) bond motifs is 1. The van der Waals surface area contributed by atoms with Crippen LogP contribution in [0.15, 0.2) is 42.6 Å². The van der Waals surface area contributed by atoms with E-state index < -0.39 is 0 Å². The highest BCUT2D eigenvalue weighted by atomic mass is 16.5. The Hall–Kier alpha value is -2.69. The summed E-state index contributed by atoms with van der Waals surface area (Å²) in [5.41, 5.74) is 3.19. The van der Waals surface area contributed by atoms with Crippen LogP contribution in [0.3, 0.4) is 0 Å². The minimum Gasteiger partial charge on any atom is -0.493 e. The lowest BCUT2D eigenvalue weighted by Gasteiger charge is -2.11. The van der Waals surface area contributed by atoms with Gasteiger partial charge in [0.1, 0.15) is 0 Å². The van der Waals surface area contributed by atoms with Gasteiger partial charge in [-0.25, -0.2) is 0 Å². The van der Waals surface area contributed by atoms with E-state index in [1.54, 1.807) is 14.2 Å². The van der Waals surface area contributed by atoms with Crippen molar-refractivity contribution >= 4 is 16.6 Å². The van der Waals surface area contributed by atoms with E-state index in [4.69, 9.17) is 9.47 Å². The molecule has 0 fully saturated rings. The normalized spacial score (nSPS) is 10.6. The van der Waals surface area contributed by atoms with Gasteiger partial charge in [-0.15, -0.1) is 0 Å². The average molecular weight is 283 g/mol. The molecule has 1 aromatic heterocycles. The molecule has 0 aliphatic carbocycles. The van der Waals surface area contributed by atoms with E-state index in [1.165, 1.54) is 0 Å². The summed E-state index contributed by atoms with van der Waals surface area (Å²) in [6.07, 6.45) is 1.83. The first-order valence-corrected chi connectivity index (χ1v) is 6.68. The van der Waals surface area contributed by atoms with Crippen molar-refractivity contribution < 1.29 is 9.47 Å². The molecule has 0 bridgehead atoms. The largest absolute Gasteiger partial charge is 0.493 e. The van der Waals surface area contributed by atoms with Crippen LogP contribution in [0, 0.1) is 0 Å². The zero-order valence-electron chi connectivity index (χ0n) is 12.0. The Labute approximate surface area is 122 Å². The van der Waals surface area contributed by atoms with Gasteiger partial charge in [-0.2, -0.15) is 5.10 Å². The van der Waals surface area contributed by atoms with E-state index in [-0.39, 0.29) is 0 Å². The van der Waals surface area contributed by atoms with Crippen molar-refractivity contribution in [2.75, 3.05) is 19.5 Å². The first kappa shape index (κ1) is 13.3. The van der Waals surface area contributed by atoms with E-state index in [0.717, 1.165) is 33.7 Å². The Morgan fingerprint density at radius 3 is 2.76 bits per heavy atom. The molecular formula is C16H17N3O2. The summed E-state index contributed by atoms with van der Waals surface area (Å²) in [4.78, 5) is 0. The fourth-order valence-electron chi connectivity index (χ4n) is 2.31. The van der Waals surface area contributed by atoms with Crippen LogP contribution in [-0.2, 0) is 6.54 Å². The van der Waals surface area contributed by atoms with E-state index in [2.05, 4.69) is 15.5 Å². The lowest BCUT2D eigenvalue weighted by Crippen LogP contribution is -2.00. The Morgan fingerprint density at radius 1 is 1.10 bits per heavy atom. The van der Waals surface area contributed by atoms with Gasteiger partial charge in [0.2, 0.25) is 0 Å². The molecule has 2 N–H and O–H groups in total. The second-order valence-corrected chi connectivity index (χ2v) is 4.68. The van der Waals surface area contributed by atoms with E-state index in [9.17, 15) is 0 Å². The molecule has 3 aromatic rings. The highest BCUT2D eigenvalue weighted by Crippen LogP contribution is 2.28. The smallest absolute Gasteiger partial charge is 0.161 e. The standard InChI is InChI=1S/C16H17N3O2/c1-20-15-7-6-11(8-16(15)21-2)9-17-13-4-3-5-14-12(13)10-18-19-14/h3-8,10,17H,9H2,1-2H3,(H,18,19). The van der Waals surface area contributed by atoms with Gasteiger partial charge in [0.05, 0.1) is 25.9 Å². The van der Waals surface area contributed by atoms with Crippen molar-refractivity contribution in [3.63, 3.8) is 0 Å². The van der Waals surface area contributed by atoms with Gasteiger partial charge < -0.3 is 14.8 Å². The van der Waals surface area contributed by atoms with Crippen LogP contribution in [-0.4, -0.2) is 24.4 Å². The molecule has 5 nitrogen and oxygen atoms in total. The van der Waals surface area contributed by atoms with E-state index in [1.807, 2.05) is 42.6 Å². The van der Waals surface area contributed by atoms with Crippen LogP contribution in [0.1, 0.15) is 5.56 Å². The molecule has 0 aliphatic rings. The fourth-order valence-corrected chi connectivity index (χ4v) is 2.31. The number of H-pyrrole nitrogens is 1. The molecular weight excluding hydrogens is 266 g/mol.